The Morgan fingerprint density at radius 1 is 0.962 bits per heavy atom. The van der Waals surface area contributed by atoms with Crippen LogP contribution >= 0.6 is 0 Å². The van der Waals surface area contributed by atoms with Gasteiger partial charge in [-0.25, -0.2) is 0 Å². The van der Waals surface area contributed by atoms with E-state index < -0.39 is 6.10 Å². The van der Waals surface area contributed by atoms with Crippen molar-refractivity contribution >= 4 is 34.8 Å². The van der Waals surface area contributed by atoms with Gasteiger partial charge in [0.05, 0.1) is 12.2 Å². The SMILES string of the molecule is CC(=O)Nc1ccc(NC(=O)C2CN(C(C)=O)c3ccccc3O2)cc1. The number of hydrogen-bond donors (Lipinski definition) is 2. The van der Waals surface area contributed by atoms with Crippen LogP contribution in [0.15, 0.2) is 48.5 Å². The fourth-order valence-electron chi connectivity index (χ4n) is 2.73. The van der Waals surface area contributed by atoms with Gasteiger partial charge in [-0.15, -0.1) is 0 Å². The second-order valence-electron chi connectivity index (χ2n) is 5.95. The third kappa shape index (κ3) is 3.83. The highest BCUT2D eigenvalue weighted by atomic mass is 16.5. The molecule has 134 valence electrons. The molecule has 3 rings (SSSR count). The van der Waals surface area contributed by atoms with Crippen LogP contribution in [0.25, 0.3) is 0 Å². The number of fused-ring (bicyclic) bond motifs is 1. The van der Waals surface area contributed by atoms with Gasteiger partial charge in [0.25, 0.3) is 5.91 Å². The molecule has 7 nitrogen and oxygen atoms in total. The van der Waals surface area contributed by atoms with E-state index in [0.717, 1.165) is 0 Å². The zero-order valence-corrected chi connectivity index (χ0v) is 14.5. The third-order valence-corrected chi connectivity index (χ3v) is 3.92. The van der Waals surface area contributed by atoms with Gasteiger partial charge >= 0.3 is 0 Å². The fraction of sp³-hybridized carbons (Fsp3) is 0.211. The lowest BCUT2D eigenvalue weighted by Crippen LogP contribution is -2.48. The standard InChI is InChI=1S/C19H19N3O4/c1-12(23)20-14-7-9-15(10-8-14)21-19(25)18-11-22(13(2)24)16-5-3-4-6-17(16)26-18/h3-10,18H,11H2,1-2H3,(H,20,23)(H,21,25). The van der Waals surface area contributed by atoms with Crippen molar-refractivity contribution < 1.29 is 19.1 Å². The Labute approximate surface area is 150 Å². The molecule has 1 atom stereocenters. The Hall–Kier alpha value is -3.35. The molecule has 3 amide bonds. The van der Waals surface area contributed by atoms with Gasteiger partial charge in [-0.3, -0.25) is 14.4 Å². The highest BCUT2D eigenvalue weighted by Gasteiger charge is 2.32. The van der Waals surface area contributed by atoms with E-state index in [1.165, 1.54) is 18.7 Å². The number of nitrogens with one attached hydrogen (secondary N) is 2. The summed E-state index contributed by atoms with van der Waals surface area (Å²) in [6.07, 6.45) is -0.816. The molecule has 0 aromatic heterocycles. The normalized spacial score (nSPS) is 15.5. The predicted octanol–water partition coefficient (Wildman–Crippen LogP) is 2.40. The average Bonchev–Trinajstić information content (AvgIpc) is 2.61. The molecule has 1 aliphatic rings. The molecule has 0 saturated heterocycles. The molecule has 2 N–H and O–H groups in total. The van der Waals surface area contributed by atoms with Gasteiger partial charge in [-0.1, -0.05) is 12.1 Å². The van der Waals surface area contributed by atoms with Crippen molar-refractivity contribution in [3.8, 4) is 5.75 Å². The van der Waals surface area contributed by atoms with Crippen molar-refractivity contribution in [2.24, 2.45) is 0 Å². The third-order valence-electron chi connectivity index (χ3n) is 3.92. The summed E-state index contributed by atoms with van der Waals surface area (Å²) in [4.78, 5) is 37.1. The minimum atomic E-state index is -0.816. The van der Waals surface area contributed by atoms with Crippen molar-refractivity contribution in [1.82, 2.24) is 0 Å². The summed E-state index contributed by atoms with van der Waals surface area (Å²) in [6.45, 7) is 3.02. The number of amides is 3. The topological polar surface area (TPSA) is 87.7 Å². The second-order valence-corrected chi connectivity index (χ2v) is 5.95. The first-order valence-corrected chi connectivity index (χ1v) is 8.16. The zero-order chi connectivity index (χ0) is 18.7. The van der Waals surface area contributed by atoms with Gasteiger partial charge in [-0.05, 0) is 36.4 Å². The number of hydrogen-bond acceptors (Lipinski definition) is 4. The van der Waals surface area contributed by atoms with Crippen molar-refractivity contribution in [2.75, 3.05) is 22.1 Å². The fourth-order valence-corrected chi connectivity index (χ4v) is 2.73. The Morgan fingerprint density at radius 2 is 1.58 bits per heavy atom. The first-order valence-electron chi connectivity index (χ1n) is 8.16. The van der Waals surface area contributed by atoms with Crippen LogP contribution in [0.3, 0.4) is 0 Å². The lowest BCUT2D eigenvalue weighted by atomic mass is 10.1. The summed E-state index contributed by atoms with van der Waals surface area (Å²) < 4.78 is 5.76. The maximum atomic E-state index is 12.6. The molecule has 7 heteroatoms. The first kappa shape index (κ1) is 17.5. The number of nitrogens with zero attached hydrogens (tertiary/aromatic N) is 1. The molecular formula is C19H19N3O4. The highest BCUT2D eigenvalue weighted by Crippen LogP contribution is 2.33. The minimum Gasteiger partial charge on any atom is -0.476 e. The molecule has 2 aromatic carbocycles. The molecule has 1 aliphatic heterocycles. The Kier molecular flexibility index (Phi) is 4.88. The van der Waals surface area contributed by atoms with Gasteiger partial charge < -0.3 is 20.3 Å². The number of carbonyl (C=O) groups excluding carboxylic acids is 3. The summed E-state index contributed by atoms with van der Waals surface area (Å²) in [6, 6.07) is 13.9. The van der Waals surface area contributed by atoms with E-state index in [4.69, 9.17) is 4.74 Å². The van der Waals surface area contributed by atoms with Crippen LogP contribution in [-0.2, 0) is 14.4 Å². The molecule has 0 radical (unpaired) electrons. The number of anilines is 3. The van der Waals surface area contributed by atoms with Gasteiger partial charge in [0, 0.05) is 25.2 Å². The van der Waals surface area contributed by atoms with Crippen molar-refractivity contribution in [3.05, 3.63) is 48.5 Å². The smallest absolute Gasteiger partial charge is 0.267 e. The van der Waals surface area contributed by atoms with Gasteiger partial charge in [0.15, 0.2) is 6.10 Å². The van der Waals surface area contributed by atoms with Gasteiger partial charge in [0.1, 0.15) is 5.75 Å². The predicted molar refractivity (Wildman–Crippen MR) is 98.3 cm³/mol. The van der Waals surface area contributed by atoms with E-state index in [9.17, 15) is 14.4 Å². The molecule has 0 spiro atoms. The Bertz CT molecular complexity index is 848. The van der Waals surface area contributed by atoms with Crippen LogP contribution in [0, 0.1) is 0 Å². The van der Waals surface area contributed by atoms with Gasteiger partial charge in [0.2, 0.25) is 11.8 Å². The highest BCUT2D eigenvalue weighted by molar-refractivity contribution is 5.99. The molecule has 1 heterocycles. The summed E-state index contributed by atoms with van der Waals surface area (Å²) in [5, 5.41) is 5.43. The molecule has 0 fully saturated rings. The first-order chi connectivity index (χ1) is 12.4. The summed E-state index contributed by atoms with van der Waals surface area (Å²) in [5.41, 5.74) is 1.87. The van der Waals surface area contributed by atoms with Crippen molar-refractivity contribution in [1.29, 1.82) is 0 Å². The van der Waals surface area contributed by atoms with Crippen molar-refractivity contribution in [3.63, 3.8) is 0 Å². The van der Waals surface area contributed by atoms with Crippen LogP contribution in [0.2, 0.25) is 0 Å². The molecule has 26 heavy (non-hydrogen) atoms. The monoisotopic (exact) mass is 353 g/mol. The zero-order valence-electron chi connectivity index (χ0n) is 14.5. The Morgan fingerprint density at radius 3 is 2.19 bits per heavy atom. The van der Waals surface area contributed by atoms with E-state index >= 15 is 0 Å². The van der Waals surface area contributed by atoms with Crippen LogP contribution in [0.1, 0.15) is 13.8 Å². The van der Waals surface area contributed by atoms with E-state index in [0.29, 0.717) is 22.8 Å². The van der Waals surface area contributed by atoms with Crippen molar-refractivity contribution in [2.45, 2.75) is 20.0 Å². The van der Waals surface area contributed by atoms with Crippen LogP contribution in [-0.4, -0.2) is 30.4 Å². The van der Waals surface area contributed by atoms with Crippen LogP contribution < -0.4 is 20.3 Å². The maximum Gasteiger partial charge on any atom is 0.267 e. The van der Waals surface area contributed by atoms with Crippen LogP contribution in [0.4, 0.5) is 17.1 Å². The average molecular weight is 353 g/mol. The lowest BCUT2D eigenvalue weighted by Gasteiger charge is -2.33. The Balaban J connectivity index is 1.72. The van der Waals surface area contributed by atoms with E-state index in [-0.39, 0.29) is 24.3 Å². The van der Waals surface area contributed by atoms with E-state index in [1.54, 1.807) is 42.5 Å². The number of benzene rings is 2. The van der Waals surface area contributed by atoms with E-state index in [2.05, 4.69) is 10.6 Å². The number of rotatable bonds is 3. The quantitative estimate of drug-likeness (QED) is 0.887. The second kappa shape index (κ2) is 7.26. The summed E-state index contributed by atoms with van der Waals surface area (Å²) in [5.74, 6) is -0.174. The van der Waals surface area contributed by atoms with E-state index in [1.807, 2.05) is 6.07 Å². The van der Waals surface area contributed by atoms with Crippen LogP contribution in [0.5, 0.6) is 5.75 Å². The van der Waals surface area contributed by atoms with Gasteiger partial charge in [-0.2, -0.15) is 0 Å². The molecule has 0 saturated carbocycles. The minimum absolute atomic E-state index is 0.141. The largest absolute Gasteiger partial charge is 0.476 e. The molecule has 0 aliphatic carbocycles. The molecule has 1 unspecified atom stereocenters. The molecule has 2 aromatic rings. The lowest BCUT2D eigenvalue weighted by molar-refractivity contribution is -0.123. The number of ether oxygens (including phenoxy) is 1. The summed E-state index contributed by atoms with van der Waals surface area (Å²) >= 11 is 0. The molecule has 0 bridgehead atoms. The number of carbonyl (C=O) groups is 3. The number of para-hydroxylation sites is 2. The maximum absolute atomic E-state index is 12.6. The summed E-state index contributed by atoms with van der Waals surface area (Å²) in [7, 11) is 0. The molecular weight excluding hydrogens is 334 g/mol.